The van der Waals surface area contributed by atoms with Crippen LogP contribution in [0.15, 0.2) is 0 Å². The minimum atomic E-state index is 0.196. The van der Waals surface area contributed by atoms with Crippen molar-refractivity contribution in [2.75, 3.05) is 0 Å². The highest BCUT2D eigenvalue weighted by Crippen LogP contribution is 2.41. The van der Waals surface area contributed by atoms with E-state index in [4.69, 9.17) is 5.73 Å². The standard InChI is InChI=1S/C11H25N/c1-8(2)9(12)11(6,7)10(3,4)5/h8-9H,12H2,1-7H3. The first-order chi connectivity index (χ1) is 5.10. The Morgan fingerprint density at radius 3 is 1.33 bits per heavy atom. The summed E-state index contributed by atoms with van der Waals surface area (Å²) in [5.41, 5.74) is 6.65. The number of hydrogen-bond acceptors (Lipinski definition) is 1. The molecule has 0 fully saturated rings. The molecule has 0 heterocycles. The molecule has 0 amide bonds. The van der Waals surface area contributed by atoms with Crippen LogP contribution in [0.25, 0.3) is 0 Å². The quantitative estimate of drug-likeness (QED) is 0.679. The third kappa shape index (κ3) is 2.22. The highest BCUT2D eigenvalue weighted by molar-refractivity contribution is 4.92. The Kier molecular flexibility index (Phi) is 3.36. The topological polar surface area (TPSA) is 26.0 Å². The van der Waals surface area contributed by atoms with Crippen molar-refractivity contribution in [3.8, 4) is 0 Å². The van der Waals surface area contributed by atoms with Crippen molar-refractivity contribution in [2.24, 2.45) is 22.5 Å². The molecule has 0 aromatic carbocycles. The number of hydrogen-bond donors (Lipinski definition) is 1. The van der Waals surface area contributed by atoms with Gasteiger partial charge in [0.25, 0.3) is 0 Å². The largest absolute Gasteiger partial charge is 0.327 e. The Morgan fingerprint density at radius 2 is 1.25 bits per heavy atom. The maximum absolute atomic E-state index is 6.18. The molecule has 0 aromatic rings. The van der Waals surface area contributed by atoms with E-state index in [1.54, 1.807) is 0 Å². The van der Waals surface area contributed by atoms with Crippen molar-refractivity contribution in [1.82, 2.24) is 0 Å². The average Bonchev–Trinajstić information content (AvgIpc) is 1.83. The van der Waals surface area contributed by atoms with Gasteiger partial charge in [0.05, 0.1) is 0 Å². The summed E-state index contributed by atoms with van der Waals surface area (Å²) < 4.78 is 0. The summed E-state index contributed by atoms with van der Waals surface area (Å²) in [6, 6.07) is 0.275. The molecule has 0 saturated heterocycles. The van der Waals surface area contributed by atoms with Crippen LogP contribution in [0.2, 0.25) is 0 Å². The van der Waals surface area contributed by atoms with Crippen LogP contribution in [0, 0.1) is 16.7 Å². The molecule has 0 aliphatic rings. The van der Waals surface area contributed by atoms with Gasteiger partial charge in [-0.05, 0) is 16.7 Å². The van der Waals surface area contributed by atoms with Crippen molar-refractivity contribution >= 4 is 0 Å². The minimum Gasteiger partial charge on any atom is -0.327 e. The molecular formula is C11H25N. The van der Waals surface area contributed by atoms with Gasteiger partial charge in [0.2, 0.25) is 0 Å². The van der Waals surface area contributed by atoms with Gasteiger partial charge in [-0.25, -0.2) is 0 Å². The molecule has 0 spiro atoms. The second kappa shape index (κ2) is 3.37. The van der Waals surface area contributed by atoms with E-state index in [2.05, 4.69) is 48.5 Å². The monoisotopic (exact) mass is 171 g/mol. The smallest absolute Gasteiger partial charge is 0.0118 e. The zero-order valence-electron chi connectivity index (χ0n) is 9.73. The van der Waals surface area contributed by atoms with Gasteiger partial charge in [-0.1, -0.05) is 48.5 Å². The zero-order chi connectivity index (χ0) is 10.2. The molecule has 1 unspecified atom stereocenters. The highest BCUT2D eigenvalue weighted by atomic mass is 14.7. The van der Waals surface area contributed by atoms with Gasteiger partial charge in [0.15, 0.2) is 0 Å². The molecule has 1 heteroatoms. The SMILES string of the molecule is CC(C)C(N)C(C)(C)C(C)(C)C. The number of rotatable bonds is 2. The zero-order valence-corrected chi connectivity index (χ0v) is 9.73. The summed E-state index contributed by atoms with van der Waals surface area (Å²) in [6.07, 6.45) is 0. The Bertz CT molecular complexity index is 140. The van der Waals surface area contributed by atoms with Gasteiger partial charge in [-0.3, -0.25) is 0 Å². The van der Waals surface area contributed by atoms with Crippen LogP contribution in [0.5, 0.6) is 0 Å². The van der Waals surface area contributed by atoms with Crippen LogP contribution in [0.3, 0.4) is 0 Å². The molecule has 0 bridgehead atoms. The van der Waals surface area contributed by atoms with Crippen molar-refractivity contribution in [3.05, 3.63) is 0 Å². The van der Waals surface area contributed by atoms with Gasteiger partial charge >= 0.3 is 0 Å². The molecule has 74 valence electrons. The highest BCUT2D eigenvalue weighted by Gasteiger charge is 2.39. The summed E-state index contributed by atoms with van der Waals surface area (Å²) in [5, 5.41) is 0. The summed E-state index contributed by atoms with van der Waals surface area (Å²) in [5.74, 6) is 0.555. The predicted octanol–water partition coefficient (Wildman–Crippen LogP) is 3.04. The Morgan fingerprint density at radius 1 is 0.917 bits per heavy atom. The van der Waals surface area contributed by atoms with E-state index in [9.17, 15) is 0 Å². The Balaban J connectivity index is 4.61. The fourth-order valence-corrected chi connectivity index (χ4v) is 1.33. The molecule has 0 radical (unpaired) electrons. The molecule has 1 atom stereocenters. The van der Waals surface area contributed by atoms with Crippen molar-refractivity contribution in [1.29, 1.82) is 0 Å². The van der Waals surface area contributed by atoms with Crippen LogP contribution in [-0.2, 0) is 0 Å². The average molecular weight is 171 g/mol. The molecule has 0 aliphatic carbocycles. The van der Waals surface area contributed by atoms with Crippen LogP contribution in [0.4, 0.5) is 0 Å². The molecule has 0 aromatic heterocycles. The Hall–Kier alpha value is -0.0400. The van der Waals surface area contributed by atoms with Gasteiger partial charge in [-0.2, -0.15) is 0 Å². The Labute approximate surface area is 77.7 Å². The number of nitrogens with two attached hydrogens (primary N) is 1. The second-order valence-corrected chi connectivity index (χ2v) is 5.74. The third-order valence-corrected chi connectivity index (χ3v) is 3.48. The molecule has 0 rings (SSSR count). The maximum Gasteiger partial charge on any atom is 0.0118 e. The fourth-order valence-electron chi connectivity index (χ4n) is 1.33. The minimum absolute atomic E-state index is 0.196. The predicted molar refractivity (Wildman–Crippen MR) is 56.0 cm³/mol. The maximum atomic E-state index is 6.18. The van der Waals surface area contributed by atoms with Crippen LogP contribution in [-0.4, -0.2) is 6.04 Å². The fraction of sp³-hybridized carbons (Fsp3) is 1.00. The van der Waals surface area contributed by atoms with E-state index in [1.165, 1.54) is 0 Å². The van der Waals surface area contributed by atoms with Crippen molar-refractivity contribution in [2.45, 2.75) is 54.5 Å². The lowest BCUT2D eigenvalue weighted by molar-refractivity contribution is 0.0755. The molecule has 12 heavy (non-hydrogen) atoms. The van der Waals surface area contributed by atoms with Crippen LogP contribution < -0.4 is 5.73 Å². The van der Waals surface area contributed by atoms with Gasteiger partial charge in [0, 0.05) is 6.04 Å². The first-order valence-corrected chi connectivity index (χ1v) is 4.86. The first kappa shape index (κ1) is 12.0. The summed E-state index contributed by atoms with van der Waals surface area (Å²) in [6.45, 7) is 15.7. The normalized spacial score (nSPS) is 16.8. The van der Waals surface area contributed by atoms with E-state index in [-0.39, 0.29) is 16.9 Å². The van der Waals surface area contributed by atoms with Crippen molar-refractivity contribution < 1.29 is 0 Å². The van der Waals surface area contributed by atoms with E-state index in [0.29, 0.717) is 5.92 Å². The van der Waals surface area contributed by atoms with E-state index in [0.717, 1.165) is 0 Å². The lowest BCUT2D eigenvalue weighted by Gasteiger charge is -2.45. The lowest BCUT2D eigenvalue weighted by Crippen LogP contribution is -2.48. The summed E-state index contributed by atoms with van der Waals surface area (Å²) >= 11 is 0. The summed E-state index contributed by atoms with van der Waals surface area (Å²) in [7, 11) is 0. The lowest BCUT2D eigenvalue weighted by atomic mass is 9.63. The molecule has 0 aliphatic heterocycles. The van der Waals surface area contributed by atoms with E-state index in [1.807, 2.05) is 0 Å². The van der Waals surface area contributed by atoms with E-state index < -0.39 is 0 Å². The molecule has 2 N–H and O–H groups in total. The van der Waals surface area contributed by atoms with Crippen LogP contribution in [0.1, 0.15) is 48.5 Å². The van der Waals surface area contributed by atoms with Gasteiger partial charge in [0.1, 0.15) is 0 Å². The second-order valence-electron chi connectivity index (χ2n) is 5.74. The first-order valence-electron chi connectivity index (χ1n) is 4.86. The summed E-state index contributed by atoms with van der Waals surface area (Å²) in [4.78, 5) is 0. The molecule has 1 nitrogen and oxygen atoms in total. The van der Waals surface area contributed by atoms with Gasteiger partial charge < -0.3 is 5.73 Å². The molecular weight excluding hydrogens is 146 g/mol. The van der Waals surface area contributed by atoms with Crippen LogP contribution >= 0.6 is 0 Å². The van der Waals surface area contributed by atoms with E-state index >= 15 is 0 Å². The van der Waals surface area contributed by atoms with Crippen molar-refractivity contribution in [3.63, 3.8) is 0 Å². The molecule has 0 saturated carbocycles. The van der Waals surface area contributed by atoms with Gasteiger partial charge in [-0.15, -0.1) is 0 Å². The third-order valence-electron chi connectivity index (χ3n) is 3.48.